The Morgan fingerprint density at radius 2 is 2.04 bits per heavy atom. The molecule has 6 heteroatoms. The topological polar surface area (TPSA) is 57.7 Å². The lowest BCUT2D eigenvalue weighted by molar-refractivity contribution is -0.138. The Balaban J connectivity index is 1.44. The fourth-order valence-corrected chi connectivity index (χ4v) is 3.28. The molecule has 2 heterocycles. The Labute approximate surface area is 167 Å². The van der Waals surface area contributed by atoms with Crippen molar-refractivity contribution < 1.29 is 19.0 Å². The quantitative estimate of drug-likeness (QED) is 0.469. The summed E-state index contributed by atoms with van der Waals surface area (Å²) < 4.78 is 16.6. The van der Waals surface area contributed by atoms with Gasteiger partial charge in [0.25, 0.3) is 0 Å². The highest BCUT2D eigenvalue weighted by molar-refractivity contribution is 6.32. The van der Waals surface area contributed by atoms with Crippen LogP contribution in [0.5, 0.6) is 11.5 Å². The summed E-state index contributed by atoms with van der Waals surface area (Å²) in [5.74, 6) is 0.669. The van der Waals surface area contributed by atoms with Crippen LogP contribution in [-0.4, -0.2) is 24.2 Å². The van der Waals surface area contributed by atoms with Crippen LogP contribution in [-0.2, 0) is 16.1 Å². The maximum atomic E-state index is 12.1. The number of carbonyl (C=O) groups is 1. The van der Waals surface area contributed by atoms with E-state index in [1.54, 1.807) is 24.4 Å². The van der Waals surface area contributed by atoms with Crippen LogP contribution in [0.1, 0.15) is 17.5 Å². The van der Waals surface area contributed by atoms with Gasteiger partial charge in [-0.1, -0.05) is 35.9 Å². The number of benzene rings is 2. The Bertz CT molecular complexity index is 1040. The van der Waals surface area contributed by atoms with Crippen molar-refractivity contribution >= 4 is 34.5 Å². The second-order valence-corrected chi connectivity index (χ2v) is 6.73. The largest absolute Gasteiger partial charge is 0.489 e. The van der Waals surface area contributed by atoms with Crippen molar-refractivity contribution in [1.29, 1.82) is 0 Å². The first-order valence-electron chi connectivity index (χ1n) is 8.97. The number of esters is 1. The number of fused-ring (bicyclic) bond motifs is 2. The van der Waals surface area contributed by atoms with E-state index in [9.17, 15) is 4.79 Å². The van der Waals surface area contributed by atoms with E-state index >= 15 is 0 Å². The molecule has 1 aliphatic heterocycles. The first kappa shape index (κ1) is 18.3. The third-order valence-corrected chi connectivity index (χ3v) is 4.59. The molecule has 0 radical (unpaired) electrons. The molecule has 0 fully saturated rings. The summed E-state index contributed by atoms with van der Waals surface area (Å²) in [4.78, 5) is 16.5. The summed E-state index contributed by atoms with van der Waals surface area (Å²) in [7, 11) is 0. The molecule has 0 saturated heterocycles. The van der Waals surface area contributed by atoms with Gasteiger partial charge in [0.2, 0.25) is 0 Å². The van der Waals surface area contributed by atoms with Crippen molar-refractivity contribution in [3.05, 3.63) is 70.9 Å². The number of hydrogen-bond acceptors (Lipinski definition) is 5. The molecule has 3 aromatic rings. The van der Waals surface area contributed by atoms with Gasteiger partial charge in [0.15, 0.2) is 11.5 Å². The molecule has 0 amide bonds. The van der Waals surface area contributed by atoms with Gasteiger partial charge < -0.3 is 14.2 Å². The van der Waals surface area contributed by atoms with Gasteiger partial charge >= 0.3 is 5.97 Å². The second kappa shape index (κ2) is 8.31. The Morgan fingerprint density at radius 3 is 2.96 bits per heavy atom. The second-order valence-electron chi connectivity index (χ2n) is 6.32. The van der Waals surface area contributed by atoms with Crippen molar-refractivity contribution in [3.63, 3.8) is 0 Å². The van der Waals surface area contributed by atoms with Crippen molar-refractivity contribution in [1.82, 2.24) is 4.98 Å². The zero-order valence-electron chi connectivity index (χ0n) is 15.1. The standard InChI is InChI=1S/C22H18ClNO4/c23-18-12-15(13-19-22(18)27-11-3-10-26-19)14-28-20(25)8-7-17-5-1-4-16-6-2-9-24-21(16)17/h1-2,4-9,12-13H,3,10-11,14H2/b8-7+. The first-order chi connectivity index (χ1) is 13.7. The summed E-state index contributed by atoms with van der Waals surface area (Å²) in [6, 6.07) is 13.2. The van der Waals surface area contributed by atoms with Crippen LogP contribution < -0.4 is 9.47 Å². The lowest BCUT2D eigenvalue weighted by Crippen LogP contribution is -2.02. The molecule has 0 atom stereocenters. The molecule has 1 aliphatic rings. The third kappa shape index (κ3) is 4.10. The minimum atomic E-state index is -0.448. The Hall–Kier alpha value is -3.05. The molecule has 0 unspecified atom stereocenters. The fraction of sp³-hybridized carbons (Fsp3) is 0.182. The van der Waals surface area contributed by atoms with Gasteiger partial charge in [-0.2, -0.15) is 0 Å². The van der Waals surface area contributed by atoms with E-state index in [1.165, 1.54) is 6.08 Å². The molecule has 0 N–H and O–H groups in total. The molecule has 0 aliphatic carbocycles. The van der Waals surface area contributed by atoms with Crippen LogP contribution in [0.25, 0.3) is 17.0 Å². The van der Waals surface area contributed by atoms with E-state index in [1.807, 2.05) is 30.3 Å². The number of rotatable bonds is 4. The summed E-state index contributed by atoms with van der Waals surface area (Å²) in [6.45, 7) is 1.22. The fourth-order valence-electron chi connectivity index (χ4n) is 2.99. The predicted molar refractivity (Wildman–Crippen MR) is 108 cm³/mol. The van der Waals surface area contributed by atoms with E-state index in [0.29, 0.717) is 29.7 Å². The van der Waals surface area contributed by atoms with E-state index in [-0.39, 0.29) is 6.61 Å². The predicted octanol–water partition coefficient (Wildman–Crippen LogP) is 4.81. The first-order valence-corrected chi connectivity index (χ1v) is 9.35. The van der Waals surface area contributed by atoms with Crippen LogP contribution in [0.15, 0.2) is 54.7 Å². The summed E-state index contributed by atoms with van der Waals surface area (Å²) in [6.07, 6.45) is 5.63. The summed E-state index contributed by atoms with van der Waals surface area (Å²) in [5, 5.41) is 1.46. The number of nitrogens with zero attached hydrogens (tertiary/aromatic N) is 1. The average Bonchev–Trinajstić information content (AvgIpc) is 2.96. The lowest BCUT2D eigenvalue weighted by Gasteiger charge is -2.11. The lowest BCUT2D eigenvalue weighted by atomic mass is 10.1. The van der Waals surface area contributed by atoms with Crippen LogP contribution in [0, 0.1) is 0 Å². The van der Waals surface area contributed by atoms with Gasteiger partial charge in [-0.15, -0.1) is 0 Å². The molecule has 2 aromatic carbocycles. The molecule has 0 bridgehead atoms. The SMILES string of the molecule is O=C(/C=C/c1cccc2cccnc12)OCc1cc(Cl)c2c(c1)OCCCO2. The van der Waals surface area contributed by atoms with Crippen LogP contribution in [0.4, 0.5) is 0 Å². The van der Waals surface area contributed by atoms with Gasteiger partial charge in [0.1, 0.15) is 6.61 Å². The number of ether oxygens (including phenoxy) is 3. The van der Waals surface area contributed by atoms with Crippen molar-refractivity contribution in [2.75, 3.05) is 13.2 Å². The molecule has 4 rings (SSSR count). The zero-order chi connectivity index (χ0) is 19.3. The van der Waals surface area contributed by atoms with Crippen molar-refractivity contribution in [3.8, 4) is 11.5 Å². The highest BCUT2D eigenvalue weighted by Gasteiger charge is 2.16. The van der Waals surface area contributed by atoms with Crippen molar-refractivity contribution in [2.24, 2.45) is 0 Å². The van der Waals surface area contributed by atoms with E-state index in [4.69, 9.17) is 25.8 Å². The van der Waals surface area contributed by atoms with Gasteiger partial charge in [0, 0.05) is 29.6 Å². The molecule has 0 spiro atoms. The van der Waals surface area contributed by atoms with Crippen molar-refractivity contribution in [2.45, 2.75) is 13.0 Å². The normalized spacial score (nSPS) is 13.5. The van der Waals surface area contributed by atoms with Gasteiger partial charge in [-0.05, 0) is 29.8 Å². The number of pyridine rings is 1. The maximum Gasteiger partial charge on any atom is 0.331 e. The van der Waals surface area contributed by atoms with Crippen LogP contribution in [0.3, 0.4) is 0 Å². The highest BCUT2D eigenvalue weighted by Crippen LogP contribution is 2.38. The van der Waals surface area contributed by atoms with E-state index in [2.05, 4.69) is 4.98 Å². The van der Waals surface area contributed by atoms with Gasteiger partial charge in [-0.3, -0.25) is 4.98 Å². The highest BCUT2D eigenvalue weighted by atomic mass is 35.5. The number of aromatic nitrogens is 1. The Kier molecular flexibility index (Phi) is 5.44. The monoisotopic (exact) mass is 395 g/mol. The van der Waals surface area contributed by atoms with Gasteiger partial charge in [0.05, 0.1) is 23.8 Å². The van der Waals surface area contributed by atoms with E-state index in [0.717, 1.165) is 28.5 Å². The Morgan fingerprint density at radius 1 is 1.18 bits per heavy atom. The van der Waals surface area contributed by atoms with Crippen LogP contribution in [0.2, 0.25) is 5.02 Å². The zero-order valence-corrected chi connectivity index (χ0v) is 15.8. The molecular weight excluding hydrogens is 378 g/mol. The minimum Gasteiger partial charge on any atom is -0.489 e. The van der Waals surface area contributed by atoms with Crippen LogP contribution >= 0.6 is 11.6 Å². The maximum absolute atomic E-state index is 12.1. The summed E-state index contributed by atoms with van der Waals surface area (Å²) >= 11 is 6.27. The minimum absolute atomic E-state index is 0.0906. The molecule has 5 nitrogen and oxygen atoms in total. The molecule has 1 aromatic heterocycles. The number of carbonyl (C=O) groups excluding carboxylic acids is 1. The van der Waals surface area contributed by atoms with E-state index < -0.39 is 5.97 Å². The number of para-hydroxylation sites is 1. The number of halogens is 1. The average molecular weight is 396 g/mol. The molecule has 142 valence electrons. The number of hydrogen-bond donors (Lipinski definition) is 0. The molecule has 28 heavy (non-hydrogen) atoms. The smallest absolute Gasteiger partial charge is 0.331 e. The third-order valence-electron chi connectivity index (χ3n) is 4.31. The summed E-state index contributed by atoms with van der Waals surface area (Å²) in [5.41, 5.74) is 2.43. The molecule has 0 saturated carbocycles. The van der Waals surface area contributed by atoms with Gasteiger partial charge in [-0.25, -0.2) is 4.79 Å². The molecular formula is C22H18ClNO4.